The largest absolute Gasteiger partial charge is 0.385 e. The first-order valence-electron chi connectivity index (χ1n) is 6.38. The minimum absolute atomic E-state index is 0.00285. The molecule has 1 aromatic heterocycles. The van der Waals surface area contributed by atoms with Gasteiger partial charge in [0.05, 0.1) is 6.20 Å². The molecule has 0 saturated heterocycles. The molecule has 1 atom stereocenters. The van der Waals surface area contributed by atoms with E-state index in [0.717, 1.165) is 31.7 Å². The van der Waals surface area contributed by atoms with Crippen LogP contribution in [-0.4, -0.2) is 36.6 Å². The Kier molecular flexibility index (Phi) is 5.78. The third-order valence-corrected chi connectivity index (χ3v) is 3.10. The first-order valence-corrected chi connectivity index (χ1v) is 6.38. The number of rotatable bonds is 8. The van der Waals surface area contributed by atoms with Crippen LogP contribution in [0.5, 0.6) is 0 Å². The van der Waals surface area contributed by atoms with Crippen LogP contribution in [0.25, 0.3) is 0 Å². The molecule has 3 N–H and O–H groups in total. The zero-order valence-corrected chi connectivity index (χ0v) is 11.9. The van der Waals surface area contributed by atoms with Crippen LogP contribution in [0.3, 0.4) is 0 Å². The zero-order chi connectivity index (χ0) is 13.6. The Morgan fingerprint density at radius 3 is 2.83 bits per heavy atom. The van der Waals surface area contributed by atoms with E-state index in [1.54, 1.807) is 11.8 Å². The lowest BCUT2D eigenvalue weighted by molar-refractivity contribution is 0.150. The minimum Gasteiger partial charge on any atom is -0.385 e. The van der Waals surface area contributed by atoms with E-state index in [1.165, 1.54) is 0 Å². The maximum atomic E-state index is 6.10. The first kappa shape index (κ1) is 15.1. The molecule has 0 aliphatic carbocycles. The fourth-order valence-electron chi connectivity index (χ4n) is 1.78. The van der Waals surface area contributed by atoms with Crippen molar-refractivity contribution in [3.8, 4) is 0 Å². The molecule has 0 bridgehead atoms. The van der Waals surface area contributed by atoms with Crippen LogP contribution in [0.1, 0.15) is 31.9 Å². The lowest BCUT2D eigenvalue weighted by Crippen LogP contribution is -2.35. The molecule has 0 saturated carbocycles. The Balaban J connectivity index is 2.28. The summed E-state index contributed by atoms with van der Waals surface area (Å²) < 4.78 is 6.89. The lowest BCUT2D eigenvalue weighted by Gasteiger charge is -2.25. The number of aromatic nitrogens is 2. The smallest absolute Gasteiger partial charge is 0.0537 e. The van der Waals surface area contributed by atoms with Crippen LogP contribution in [0, 0.1) is 5.41 Å². The fourth-order valence-corrected chi connectivity index (χ4v) is 1.78. The van der Waals surface area contributed by atoms with Gasteiger partial charge in [-0.05, 0) is 11.8 Å². The number of nitrogens with two attached hydrogens (primary N) is 1. The van der Waals surface area contributed by atoms with E-state index in [-0.39, 0.29) is 11.5 Å². The summed E-state index contributed by atoms with van der Waals surface area (Å²) in [6.07, 6.45) is 4.82. The topological polar surface area (TPSA) is 65.1 Å². The summed E-state index contributed by atoms with van der Waals surface area (Å²) in [6, 6.07) is -0.00285. The summed E-state index contributed by atoms with van der Waals surface area (Å²) in [5.41, 5.74) is 7.39. The van der Waals surface area contributed by atoms with Crippen molar-refractivity contribution in [2.24, 2.45) is 18.2 Å². The van der Waals surface area contributed by atoms with Crippen molar-refractivity contribution < 1.29 is 4.74 Å². The van der Waals surface area contributed by atoms with Gasteiger partial charge in [-0.1, -0.05) is 13.8 Å². The van der Waals surface area contributed by atoms with Crippen LogP contribution in [0.4, 0.5) is 0 Å². The predicted molar refractivity (Wildman–Crippen MR) is 73.3 cm³/mol. The number of aryl methyl sites for hydroxylation is 1. The van der Waals surface area contributed by atoms with E-state index >= 15 is 0 Å². The molecule has 1 unspecified atom stereocenters. The number of hydrogen-bond donors (Lipinski definition) is 2. The number of ether oxygens (including phenoxy) is 1. The minimum atomic E-state index is -0.00285. The number of nitrogens with one attached hydrogen (secondary N) is 1. The van der Waals surface area contributed by atoms with Crippen LogP contribution in [0.2, 0.25) is 0 Å². The third-order valence-electron chi connectivity index (χ3n) is 3.10. The van der Waals surface area contributed by atoms with Crippen molar-refractivity contribution in [1.29, 1.82) is 0 Å². The highest BCUT2D eigenvalue weighted by Crippen LogP contribution is 2.19. The highest BCUT2D eigenvalue weighted by atomic mass is 16.5. The van der Waals surface area contributed by atoms with Crippen LogP contribution in [0.15, 0.2) is 12.4 Å². The molecule has 1 rings (SSSR count). The van der Waals surface area contributed by atoms with Gasteiger partial charge in [-0.3, -0.25) is 4.68 Å². The standard InChI is InChI=1S/C13H26N4O/c1-13(2,5-6-18-4)10-15-8-12(14)11-7-16-17(3)9-11/h7,9,12,15H,5-6,8,10,14H2,1-4H3. The number of hydrogen-bond acceptors (Lipinski definition) is 4. The maximum absolute atomic E-state index is 6.10. The molecule has 1 aromatic rings. The van der Waals surface area contributed by atoms with Crippen molar-refractivity contribution >= 4 is 0 Å². The van der Waals surface area contributed by atoms with Gasteiger partial charge in [0.15, 0.2) is 0 Å². The van der Waals surface area contributed by atoms with Crippen molar-refractivity contribution in [3.05, 3.63) is 18.0 Å². The van der Waals surface area contributed by atoms with Crippen LogP contribution < -0.4 is 11.1 Å². The van der Waals surface area contributed by atoms with Crippen molar-refractivity contribution in [3.63, 3.8) is 0 Å². The van der Waals surface area contributed by atoms with Gasteiger partial charge in [0, 0.05) is 51.7 Å². The monoisotopic (exact) mass is 254 g/mol. The van der Waals surface area contributed by atoms with Gasteiger partial charge in [0.2, 0.25) is 0 Å². The molecule has 18 heavy (non-hydrogen) atoms. The summed E-state index contributed by atoms with van der Waals surface area (Å²) >= 11 is 0. The molecule has 0 aliphatic heterocycles. The Bertz CT molecular complexity index is 349. The summed E-state index contributed by atoms with van der Waals surface area (Å²) in [4.78, 5) is 0. The van der Waals surface area contributed by atoms with Gasteiger partial charge in [-0.2, -0.15) is 5.10 Å². The zero-order valence-electron chi connectivity index (χ0n) is 11.9. The van der Waals surface area contributed by atoms with Gasteiger partial charge in [0.1, 0.15) is 0 Å². The Morgan fingerprint density at radius 1 is 1.56 bits per heavy atom. The van der Waals surface area contributed by atoms with Gasteiger partial charge in [-0.15, -0.1) is 0 Å². The molecule has 0 aromatic carbocycles. The molecule has 5 nitrogen and oxygen atoms in total. The highest BCUT2D eigenvalue weighted by Gasteiger charge is 2.17. The van der Waals surface area contributed by atoms with Crippen LogP contribution in [-0.2, 0) is 11.8 Å². The summed E-state index contributed by atoms with van der Waals surface area (Å²) in [5, 5.41) is 7.55. The molecule has 104 valence electrons. The average molecular weight is 254 g/mol. The van der Waals surface area contributed by atoms with E-state index < -0.39 is 0 Å². The molecule has 0 aliphatic rings. The summed E-state index contributed by atoms with van der Waals surface area (Å²) in [6.45, 7) is 6.96. The summed E-state index contributed by atoms with van der Waals surface area (Å²) in [7, 11) is 3.64. The Morgan fingerprint density at radius 2 is 2.28 bits per heavy atom. The Hall–Kier alpha value is -0.910. The van der Waals surface area contributed by atoms with E-state index in [1.807, 2.05) is 19.4 Å². The van der Waals surface area contributed by atoms with E-state index in [9.17, 15) is 0 Å². The third kappa shape index (κ3) is 5.16. The molecule has 0 radical (unpaired) electrons. The molecule has 0 fully saturated rings. The lowest BCUT2D eigenvalue weighted by atomic mass is 9.89. The van der Waals surface area contributed by atoms with Crippen LogP contribution >= 0.6 is 0 Å². The molecule has 1 heterocycles. The molecule has 5 heteroatoms. The van der Waals surface area contributed by atoms with Gasteiger partial charge < -0.3 is 15.8 Å². The van der Waals surface area contributed by atoms with E-state index in [2.05, 4.69) is 24.3 Å². The van der Waals surface area contributed by atoms with Crippen molar-refractivity contribution in [2.75, 3.05) is 26.8 Å². The van der Waals surface area contributed by atoms with E-state index in [4.69, 9.17) is 10.5 Å². The normalized spacial score (nSPS) is 13.8. The maximum Gasteiger partial charge on any atom is 0.0537 e. The Labute approximate surface area is 110 Å². The van der Waals surface area contributed by atoms with E-state index in [0.29, 0.717) is 0 Å². The van der Waals surface area contributed by atoms with Gasteiger partial charge >= 0.3 is 0 Å². The average Bonchev–Trinajstić information content (AvgIpc) is 2.73. The van der Waals surface area contributed by atoms with Crippen molar-refractivity contribution in [1.82, 2.24) is 15.1 Å². The molecular weight excluding hydrogens is 228 g/mol. The van der Waals surface area contributed by atoms with Crippen molar-refractivity contribution in [2.45, 2.75) is 26.3 Å². The quantitative estimate of drug-likeness (QED) is 0.728. The number of methoxy groups -OCH3 is 1. The molecular formula is C13H26N4O. The molecule has 0 amide bonds. The second-order valence-corrected chi connectivity index (χ2v) is 5.59. The SMILES string of the molecule is COCCC(C)(C)CNCC(N)c1cnn(C)c1. The highest BCUT2D eigenvalue weighted by molar-refractivity contribution is 5.09. The second kappa shape index (κ2) is 6.87. The summed E-state index contributed by atoms with van der Waals surface area (Å²) in [5.74, 6) is 0. The van der Waals surface area contributed by atoms with Gasteiger partial charge in [-0.25, -0.2) is 0 Å². The predicted octanol–water partition coefficient (Wildman–Crippen LogP) is 1.07. The fraction of sp³-hybridized carbons (Fsp3) is 0.769. The number of nitrogens with zero attached hydrogens (tertiary/aromatic N) is 2. The molecule has 0 spiro atoms. The second-order valence-electron chi connectivity index (χ2n) is 5.59. The first-order chi connectivity index (χ1) is 8.44. The van der Waals surface area contributed by atoms with Gasteiger partial charge in [0.25, 0.3) is 0 Å².